The molecule has 2 nitrogen and oxygen atoms in total. The molecule has 0 bridgehead atoms. The van der Waals surface area contributed by atoms with E-state index in [1.165, 1.54) is 11.1 Å². The lowest BCUT2D eigenvalue weighted by Gasteiger charge is -2.29. The first-order chi connectivity index (χ1) is 9.86. The minimum absolute atomic E-state index is 0.121. The normalized spacial score (nSPS) is 15.6. The van der Waals surface area contributed by atoms with E-state index in [1.807, 2.05) is 24.3 Å². The van der Waals surface area contributed by atoms with Crippen LogP contribution in [-0.2, 0) is 6.42 Å². The Balaban J connectivity index is 1.62. The fourth-order valence-electron chi connectivity index (χ4n) is 2.51. The van der Waals surface area contributed by atoms with E-state index in [2.05, 4.69) is 36.1 Å². The molecule has 0 amide bonds. The maximum Gasteiger partial charge on any atom is 0.120 e. The Kier molecular flexibility index (Phi) is 3.71. The molecule has 0 aromatic heterocycles. The van der Waals surface area contributed by atoms with Crippen LogP contribution in [0, 0.1) is 11.8 Å². The van der Waals surface area contributed by atoms with Crippen LogP contribution in [0.3, 0.4) is 0 Å². The summed E-state index contributed by atoms with van der Waals surface area (Å²) in [5.74, 6) is 6.86. The number of aliphatic hydroxyl groups excluding tert-OH is 1. The minimum atomic E-state index is -0.121. The number of hydrogen-bond acceptors (Lipinski definition) is 2. The second-order valence-electron chi connectivity index (χ2n) is 4.90. The second kappa shape index (κ2) is 5.81. The van der Waals surface area contributed by atoms with Crippen molar-refractivity contribution in [1.82, 2.24) is 0 Å². The van der Waals surface area contributed by atoms with Crippen LogP contribution in [0.4, 0.5) is 0 Å². The highest BCUT2D eigenvalue weighted by atomic mass is 16.5. The molecule has 0 fully saturated rings. The van der Waals surface area contributed by atoms with Crippen molar-refractivity contribution in [2.45, 2.75) is 12.3 Å². The molecule has 100 valence electrons. The van der Waals surface area contributed by atoms with Crippen LogP contribution < -0.4 is 4.74 Å². The van der Waals surface area contributed by atoms with E-state index < -0.39 is 0 Å². The van der Waals surface area contributed by atoms with Gasteiger partial charge in [-0.25, -0.2) is 0 Å². The zero-order chi connectivity index (χ0) is 13.8. The van der Waals surface area contributed by atoms with Gasteiger partial charge in [-0.1, -0.05) is 42.2 Å². The Bertz CT molecular complexity index is 664. The molecular weight excluding hydrogens is 248 g/mol. The largest absolute Gasteiger partial charge is 0.493 e. The summed E-state index contributed by atoms with van der Waals surface area (Å²) in [5, 5.41) is 8.70. The minimum Gasteiger partial charge on any atom is -0.493 e. The fourth-order valence-corrected chi connectivity index (χ4v) is 2.51. The molecule has 2 heteroatoms. The molecule has 1 unspecified atom stereocenters. The van der Waals surface area contributed by atoms with Gasteiger partial charge < -0.3 is 9.84 Å². The van der Waals surface area contributed by atoms with Crippen molar-refractivity contribution in [2.24, 2.45) is 0 Å². The molecule has 1 atom stereocenters. The smallest absolute Gasteiger partial charge is 0.120 e. The molecule has 2 aromatic carbocycles. The molecule has 3 rings (SSSR count). The van der Waals surface area contributed by atoms with Gasteiger partial charge in [-0.3, -0.25) is 0 Å². The lowest BCUT2D eigenvalue weighted by Crippen LogP contribution is -2.23. The van der Waals surface area contributed by atoms with Crippen molar-refractivity contribution in [1.29, 1.82) is 0 Å². The van der Waals surface area contributed by atoms with Gasteiger partial charge in [0.05, 0.1) is 6.61 Å². The van der Waals surface area contributed by atoms with Crippen molar-refractivity contribution in [3.8, 4) is 17.6 Å². The van der Waals surface area contributed by atoms with E-state index in [-0.39, 0.29) is 6.61 Å². The third-order valence-corrected chi connectivity index (χ3v) is 3.56. The van der Waals surface area contributed by atoms with E-state index in [4.69, 9.17) is 9.84 Å². The maximum absolute atomic E-state index is 8.70. The average molecular weight is 264 g/mol. The monoisotopic (exact) mass is 264 g/mol. The Morgan fingerprint density at radius 3 is 2.90 bits per heavy atom. The predicted molar refractivity (Wildman–Crippen MR) is 78.8 cm³/mol. The van der Waals surface area contributed by atoms with E-state index in [0.29, 0.717) is 12.5 Å². The summed E-state index contributed by atoms with van der Waals surface area (Å²) in [6.07, 6.45) is 1.10. The van der Waals surface area contributed by atoms with E-state index in [9.17, 15) is 0 Å². The fraction of sp³-hybridized carbons (Fsp3) is 0.222. The summed E-state index contributed by atoms with van der Waals surface area (Å²) < 4.78 is 5.86. The Labute approximate surface area is 119 Å². The highest BCUT2D eigenvalue weighted by Crippen LogP contribution is 2.35. The van der Waals surface area contributed by atoms with E-state index >= 15 is 0 Å². The van der Waals surface area contributed by atoms with Crippen LogP contribution >= 0.6 is 0 Å². The van der Waals surface area contributed by atoms with Crippen LogP contribution in [0.15, 0.2) is 48.5 Å². The lowest BCUT2D eigenvalue weighted by atomic mass is 9.78. The first-order valence-electron chi connectivity index (χ1n) is 6.77. The molecule has 1 N–H and O–H groups in total. The number of benzene rings is 2. The van der Waals surface area contributed by atoms with Crippen LogP contribution in [0.2, 0.25) is 0 Å². The van der Waals surface area contributed by atoms with E-state index in [0.717, 1.165) is 17.7 Å². The molecule has 20 heavy (non-hydrogen) atoms. The number of fused-ring (bicyclic) bond motifs is 1. The van der Waals surface area contributed by atoms with E-state index in [1.54, 1.807) is 0 Å². The first kappa shape index (κ1) is 12.8. The molecule has 0 spiro atoms. The van der Waals surface area contributed by atoms with Gasteiger partial charge in [-0.05, 0) is 35.7 Å². The topological polar surface area (TPSA) is 29.5 Å². The molecule has 0 heterocycles. The highest BCUT2D eigenvalue weighted by Gasteiger charge is 2.25. The molecule has 1 aliphatic carbocycles. The van der Waals surface area contributed by atoms with Crippen molar-refractivity contribution in [2.75, 3.05) is 13.2 Å². The van der Waals surface area contributed by atoms with Gasteiger partial charge in [0.2, 0.25) is 0 Å². The van der Waals surface area contributed by atoms with Crippen LogP contribution in [0.1, 0.15) is 22.6 Å². The van der Waals surface area contributed by atoms with Crippen LogP contribution in [0.5, 0.6) is 5.75 Å². The Hall–Kier alpha value is -2.24. The molecule has 0 radical (unpaired) electrons. The summed E-state index contributed by atoms with van der Waals surface area (Å²) in [5.41, 5.74) is 3.71. The van der Waals surface area contributed by atoms with Gasteiger partial charge in [0.15, 0.2) is 0 Å². The van der Waals surface area contributed by atoms with Gasteiger partial charge in [0, 0.05) is 11.5 Å². The number of aliphatic hydroxyl groups is 1. The number of rotatable bonds is 3. The molecule has 0 saturated carbocycles. The summed E-state index contributed by atoms with van der Waals surface area (Å²) in [6, 6.07) is 16.2. The molecule has 0 aliphatic heterocycles. The van der Waals surface area contributed by atoms with Gasteiger partial charge in [-0.2, -0.15) is 0 Å². The highest BCUT2D eigenvalue weighted by molar-refractivity contribution is 5.41. The zero-order valence-corrected chi connectivity index (χ0v) is 11.2. The van der Waals surface area contributed by atoms with Crippen molar-refractivity contribution >= 4 is 0 Å². The van der Waals surface area contributed by atoms with Crippen molar-refractivity contribution in [3.63, 3.8) is 0 Å². The van der Waals surface area contributed by atoms with Gasteiger partial charge >= 0.3 is 0 Å². The summed E-state index contributed by atoms with van der Waals surface area (Å²) in [7, 11) is 0. The first-order valence-corrected chi connectivity index (χ1v) is 6.77. The third-order valence-electron chi connectivity index (χ3n) is 3.56. The average Bonchev–Trinajstić information content (AvgIpc) is 2.46. The summed E-state index contributed by atoms with van der Waals surface area (Å²) in [4.78, 5) is 0. The number of ether oxygens (including phenoxy) is 1. The van der Waals surface area contributed by atoms with Gasteiger partial charge in [0.25, 0.3) is 0 Å². The van der Waals surface area contributed by atoms with Crippen molar-refractivity contribution in [3.05, 3.63) is 65.2 Å². The Morgan fingerprint density at radius 2 is 2.05 bits per heavy atom. The second-order valence-corrected chi connectivity index (χ2v) is 4.90. The van der Waals surface area contributed by atoms with Crippen LogP contribution in [-0.4, -0.2) is 18.3 Å². The molecular formula is C18H16O2. The lowest BCUT2D eigenvalue weighted by molar-refractivity contribution is 0.275. The van der Waals surface area contributed by atoms with Crippen molar-refractivity contribution < 1.29 is 9.84 Å². The summed E-state index contributed by atoms with van der Waals surface area (Å²) in [6.45, 7) is 0.581. The Morgan fingerprint density at radius 1 is 1.15 bits per heavy atom. The standard InChI is InChI=1S/C18H16O2/c19-10-4-6-14-5-3-8-17(11-14)20-13-16-12-15-7-1-2-9-18(15)16/h1-3,5,7-9,11,16,19H,10,12-13H2. The van der Waals surface area contributed by atoms with Gasteiger partial charge in [-0.15, -0.1) is 0 Å². The molecule has 2 aromatic rings. The van der Waals surface area contributed by atoms with Crippen LogP contribution in [0.25, 0.3) is 0 Å². The van der Waals surface area contributed by atoms with Gasteiger partial charge in [0.1, 0.15) is 12.4 Å². The third kappa shape index (κ3) is 2.68. The quantitative estimate of drug-likeness (QED) is 0.864. The SMILES string of the molecule is OCC#Cc1cccc(OCC2Cc3ccccc32)c1. The predicted octanol–water partition coefficient (Wildman–Crippen LogP) is 2.75. The number of hydrogen-bond donors (Lipinski definition) is 1. The maximum atomic E-state index is 8.70. The molecule has 0 saturated heterocycles. The molecule has 1 aliphatic rings. The zero-order valence-electron chi connectivity index (χ0n) is 11.2. The summed E-state index contributed by atoms with van der Waals surface area (Å²) >= 11 is 0.